The predicted molar refractivity (Wildman–Crippen MR) is 105 cm³/mol. The van der Waals surface area contributed by atoms with Crippen molar-refractivity contribution in [1.82, 2.24) is 0 Å². The van der Waals surface area contributed by atoms with E-state index in [2.05, 4.69) is 0 Å². The largest absolute Gasteiger partial charge is 0.294 e. The summed E-state index contributed by atoms with van der Waals surface area (Å²) in [6, 6.07) is 14.1. The van der Waals surface area contributed by atoms with Gasteiger partial charge >= 0.3 is 0 Å². The number of rotatable bonds is 3. The lowest BCUT2D eigenvalue weighted by Gasteiger charge is -2.38. The first-order valence-electron chi connectivity index (χ1n) is 9.07. The van der Waals surface area contributed by atoms with Crippen molar-refractivity contribution >= 4 is 29.1 Å². The molecule has 0 saturated heterocycles. The molecule has 1 heterocycles. The zero-order valence-corrected chi connectivity index (χ0v) is 15.9. The zero-order chi connectivity index (χ0) is 19.0. The van der Waals surface area contributed by atoms with Gasteiger partial charge < -0.3 is 0 Å². The average molecular weight is 381 g/mol. The van der Waals surface area contributed by atoms with Crippen LogP contribution in [0, 0.1) is 5.82 Å². The van der Waals surface area contributed by atoms with Crippen LogP contribution in [0.3, 0.4) is 0 Å². The maximum Gasteiger partial charge on any atom is 0.232 e. The van der Waals surface area contributed by atoms with Crippen LogP contribution in [-0.4, -0.2) is 17.9 Å². The molecular weight excluding hydrogens is 361 g/mol. The van der Waals surface area contributed by atoms with Gasteiger partial charge in [-0.25, -0.2) is 4.39 Å². The molecule has 2 aromatic rings. The quantitative estimate of drug-likeness (QED) is 0.696. The molecule has 2 aliphatic rings. The van der Waals surface area contributed by atoms with E-state index in [1.165, 1.54) is 12.1 Å². The molecule has 2 aromatic carbocycles. The summed E-state index contributed by atoms with van der Waals surface area (Å²) in [5.74, 6) is -0.600. The van der Waals surface area contributed by atoms with Crippen LogP contribution in [0.2, 0.25) is 0 Å². The maximum absolute atomic E-state index is 13.7. The van der Waals surface area contributed by atoms with E-state index < -0.39 is 0 Å². The molecule has 0 aromatic heterocycles. The number of allylic oxidation sites excluding steroid dienone is 2. The summed E-state index contributed by atoms with van der Waals surface area (Å²) in [7, 11) is 0. The number of carbonyl (C=O) groups is 2. The van der Waals surface area contributed by atoms with Crippen molar-refractivity contribution in [2.45, 2.75) is 36.5 Å². The Labute approximate surface area is 162 Å². The summed E-state index contributed by atoms with van der Waals surface area (Å²) in [6.45, 7) is 0. The second-order valence-electron chi connectivity index (χ2n) is 6.88. The highest BCUT2D eigenvalue weighted by atomic mass is 32.2. The summed E-state index contributed by atoms with van der Waals surface area (Å²) in [5, 5.41) is 0. The molecule has 0 N–H and O–H groups in total. The van der Waals surface area contributed by atoms with Gasteiger partial charge in [0.15, 0.2) is 5.78 Å². The van der Waals surface area contributed by atoms with Crippen molar-refractivity contribution in [3.05, 3.63) is 71.2 Å². The Morgan fingerprint density at radius 2 is 1.85 bits per heavy atom. The Morgan fingerprint density at radius 1 is 1.07 bits per heavy atom. The zero-order valence-electron chi connectivity index (χ0n) is 15.1. The number of hydrogen-bond donors (Lipinski definition) is 0. The van der Waals surface area contributed by atoms with Crippen LogP contribution in [0.4, 0.5) is 10.1 Å². The van der Waals surface area contributed by atoms with E-state index in [1.54, 1.807) is 28.8 Å². The molecule has 0 fully saturated rings. The highest BCUT2D eigenvalue weighted by Crippen LogP contribution is 2.43. The molecule has 5 heteroatoms. The van der Waals surface area contributed by atoms with Gasteiger partial charge in [-0.15, -0.1) is 11.8 Å². The second-order valence-corrected chi connectivity index (χ2v) is 7.76. The number of carbonyl (C=O) groups excluding carboxylic acids is 2. The highest BCUT2D eigenvalue weighted by Gasteiger charge is 2.39. The number of ketones is 1. The third-order valence-corrected chi connectivity index (χ3v) is 6.00. The van der Waals surface area contributed by atoms with Gasteiger partial charge in [0, 0.05) is 34.9 Å². The fourth-order valence-corrected chi connectivity index (χ4v) is 4.44. The number of hydrogen-bond acceptors (Lipinski definition) is 3. The molecule has 1 aliphatic carbocycles. The minimum absolute atomic E-state index is 0.0898. The molecule has 0 spiro atoms. The molecule has 0 radical (unpaired) electrons. The molecule has 3 nitrogen and oxygen atoms in total. The first kappa shape index (κ1) is 18.0. The van der Waals surface area contributed by atoms with Gasteiger partial charge in [-0.1, -0.05) is 18.2 Å². The Morgan fingerprint density at radius 3 is 2.56 bits per heavy atom. The van der Waals surface area contributed by atoms with E-state index in [0.717, 1.165) is 28.1 Å². The Kier molecular flexibility index (Phi) is 4.87. The van der Waals surface area contributed by atoms with E-state index >= 15 is 0 Å². The van der Waals surface area contributed by atoms with Crippen LogP contribution in [0.15, 0.2) is 64.7 Å². The first-order chi connectivity index (χ1) is 13.1. The van der Waals surface area contributed by atoms with E-state index in [9.17, 15) is 14.0 Å². The summed E-state index contributed by atoms with van der Waals surface area (Å²) < 4.78 is 13.7. The molecule has 0 bridgehead atoms. The Balaban J connectivity index is 1.82. The topological polar surface area (TPSA) is 37.4 Å². The number of thioether (sulfide) groups is 1. The monoisotopic (exact) mass is 381 g/mol. The molecule has 1 atom stereocenters. The fraction of sp³-hybridized carbons (Fsp3) is 0.273. The molecule has 1 amide bonds. The van der Waals surface area contributed by atoms with Gasteiger partial charge in [0.05, 0.1) is 5.69 Å². The molecule has 138 valence electrons. The van der Waals surface area contributed by atoms with Gasteiger partial charge in [-0.05, 0) is 55.0 Å². The highest BCUT2D eigenvalue weighted by molar-refractivity contribution is 7.98. The predicted octanol–water partition coefficient (Wildman–Crippen LogP) is 5.08. The Bertz CT molecular complexity index is 936. The minimum Gasteiger partial charge on any atom is -0.294 e. The van der Waals surface area contributed by atoms with Crippen LogP contribution in [-0.2, 0) is 9.59 Å². The average Bonchev–Trinajstić information content (AvgIpc) is 2.67. The SMILES string of the molecule is CSc1ccc(C2CC(=O)N(c3cccc(F)c3)C3=C2C(=O)CCC3)cc1. The fourth-order valence-electron chi connectivity index (χ4n) is 4.03. The van der Waals surface area contributed by atoms with Crippen LogP contribution >= 0.6 is 11.8 Å². The van der Waals surface area contributed by atoms with Crippen LogP contribution in [0.1, 0.15) is 37.2 Å². The summed E-state index contributed by atoms with van der Waals surface area (Å²) in [5.41, 5.74) is 2.95. The van der Waals surface area contributed by atoms with Crippen molar-refractivity contribution in [2.75, 3.05) is 11.2 Å². The number of Topliss-reactive ketones (excluding diaryl/α,β-unsaturated/α-hetero) is 1. The van der Waals surface area contributed by atoms with Crippen molar-refractivity contribution in [3.8, 4) is 0 Å². The third kappa shape index (κ3) is 3.32. The number of benzene rings is 2. The van der Waals surface area contributed by atoms with E-state index in [-0.39, 0.29) is 29.8 Å². The lowest BCUT2D eigenvalue weighted by atomic mass is 9.77. The number of amides is 1. The van der Waals surface area contributed by atoms with E-state index in [4.69, 9.17) is 0 Å². The van der Waals surface area contributed by atoms with Crippen molar-refractivity contribution in [1.29, 1.82) is 0 Å². The van der Waals surface area contributed by atoms with Gasteiger partial charge in [0.2, 0.25) is 5.91 Å². The van der Waals surface area contributed by atoms with Gasteiger partial charge in [-0.3, -0.25) is 14.5 Å². The molecule has 1 unspecified atom stereocenters. The number of anilines is 1. The lowest BCUT2D eigenvalue weighted by molar-refractivity contribution is -0.119. The van der Waals surface area contributed by atoms with Gasteiger partial charge in [-0.2, -0.15) is 0 Å². The van der Waals surface area contributed by atoms with Crippen molar-refractivity contribution in [2.24, 2.45) is 0 Å². The van der Waals surface area contributed by atoms with Crippen LogP contribution < -0.4 is 4.90 Å². The van der Waals surface area contributed by atoms with Gasteiger partial charge in [0.1, 0.15) is 5.82 Å². The molecular formula is C22H20FNO2S. The first-order valence-corrected chi connectivity index (χ1v) is 10.3. The van der Waals surface area contributed by atoms with Gasteiger partial charge in [0.25, 0.3) is 0 Å². The van der Waals surface area contributed by atoms with Crippen LogP contribution in [0.5, 0.6) is 0 Å². The van der Waals surface area contributed by atoms with E-state index in [0.29, 0.717) is 18.5 Å². The molecule has 4 rings (SSSR count). The Hall–Kier alpha value is -2.40. The standard InChI is InChI=1S/C22H20FNO2S/c1-27-17-10-8-14(9-11-17)18-13-21(26)24(16-5-2-4-15(23)12-16)19-6-3-7-20(25)22(18)19/h2,4-5,8-12,18H,3,6-7,13H2,1H3. The second kappa shape index (κ2) is 7.31. The number of nitrogens with zero attached hydrogens (tertiary/aromatic N) is 1. The summed E-state index contributed by atoms with van der Waals surface area (Å²) in [6.07, 6.45) is 4.11. The lowest BCUT2D eigenvalue weighted by Crippen LogP contribution is -2.40. The third-order valence-electron chi connectivity index (χ3n) is 5.26. The van der Waals surface area contributed by atoms with Crippen molar-refractivity contribution < 1.29 is 14.0 Å². The molecule has 27 heavy (non-hydrogen) atoms. The minimum atomic E-state index is -0.389. The van der Waals surface area contributed by atoms with Crippen LogP contribution in [0.25, 0.3) is 0 Å². The molecule has 0 saturated carbocycles. The van der Waals surface area contributed by atoms with E-state index in [1.807, 2.05) is 30.5 Å². The van der Waals surface area contributed by atoms with Crippen molar-refractivity contribution in [3.63, 3.8) is 0 Å². The molecule has 1 aliphatic heterocycles. The summed E-state index contributed by atoms with van der Waals surface area (Å²) in [4.78, 5) is 28.5. The maximum atomic E-state index is 13.7. The number of halogens is 1. The normalized spacial score (nSPS) is 20.1. The smallest absolute Gasteiger partial charge is 0.232 e. The summed E-state index contributed by atoms with van der Waals surface area (Å²) >= 11 is 1.66.